The van der Waals surface area contributed by atoms with Gasteiger partial charge in [-0.15, -0.1) is 0 Å². The number of hydrogen-bond acceptors (Lipinski definition) is 6. The second kappa shape index (κ2) is 12.9. The Balaban J connectivity index is 1.12. The third-order valence-corrected chi connectivity index (χ3v) is 8.82. The summed E-state index contributed by atoms with van der Waals surface area (Å²) in [5.74, 6) is -1.71. The lowest BCUT2D eigenvalue weighted by molar-refractivity contribution is 0.0587. The Morgan fingerprint density at radius 3 is 1.18 bits per heavy atom. The average Bonchev–Trinajstić information content (AvgIpc) is 3.03. The number of imide groups is 2. The number of rotatable bonds is 12. The molecule has 2 aliphatic heterocycles. The fraction of sp³-hybridized carbons (Fsp3) is 0.235. The molecule has 224 valence electrons. The zero-order valence-corrected chi connectivity index (χ0v) is 25.4. The van der Waals surface area contributed by atoms with E-state index in [1.54, 1.807) is 24.3 Å². The van der Waals surface area contributed by atoms with Crippen LogP contribution in [0.3, 0.4) is 0 Å². The molecule has 0 aromatic heterocycles. The first-order valence-corrected chi connectivity index (χ1v) is 15.3. The minimum atomic E-state index is -0.427. The Labute approximate surface area is 264 Å². The highest BCUT2D eigenvalue weighted by atomic mass is 35.5. The van der Waals surface area contributed by atoms with Gasteiger partial charge >= 0.3 is 0 Å². The summed E-state index contributed by atoms with van der Waals surface area (Å²) in [6.07, 6.45) is 1.10. The number of carbonyl (C=O) groups is 4. The van der Waals surface area contributed by atoms with Gasteiger partial charge in [0.25, 0.3) is 23.6 Å². The summed E-state index contributed by atoms with van der Waals surface area (Å²) in [6, 6.07) is 21.5. The summed E-state index contributed by atoms with van der Waals surface area (Å²) in [4.78, 5) is 56.5. The molecule has 0 atom stereocenters. The van der Waals surface area contributed by atoms with Crippen LogP contribution in [0.5, 0.6) is 0 Å². The molecular weight excluding hydrogens is 599 g/mol. The molecule has 10 heteroatoms. The van der Waals surface area contributed by atoms with E-state index in [-0.39, 0.29) is 13.1 Å². The first-order valence-electron chi connectivity index (χ1n) is 14.6. The Hall–Kier alpha value is -4.08. The Kier molecular flexibility index (Phi) is 8.77. The number of nitrogens with zero attached hydrogens (tertiary/aromatic N) is 2. The quantitative estimate of drug-likeness (QED) is 0.154. The fourth-order valence-electron chi connectivity index (χ4n) is 5.83. The lowest BCUT2D eigenvalue weighted by Gasteiger charge is -2.32. The SMILES string of the molecule is O=C1c2ccc3c4c(ccc(c24)C(=O)N1CCCNCc1ccccc1Cl)C(=O)N(CCCNCc1ccccc1Cl)C3=O. The topological polar surface area (TPSA) is 98.8 Å². The van der Waals surface area contributed by atoms with E-state index >= 15 is 0 Å². The molecule has 2 aliphatic rings. The van der Waals surface area contributed by atoms with E-state index in [0.29, 0.717) is 82.1 Å². The van der Waals surface area contributed by atoms with E-state index in [0.717, 1.165) is 11.1 Å². The maximum atomic E-state index is 13.5. The number of benzene rings is 4. The van der Waals surface area contributed by atoms with Gasteiger partial charge in [-0.2, -0.15) is 0 Å². The molecule has 0 spiro atoms. The normalized spacial score (nSPS) is 14.2. The maximum Gasteiger partial charge on any atom is 0.261 e. The van der Waals surface area contributed by atoms with Crippen molar-refractivity contribution in [1.82, 2.24) is 20.4 Å². The van der Waals surface area contributed by atoms with E-state index in [9.17, 15) is 19.2 Å². The molecule has 4 amide bonds. The Bertz CT molecular complexity index is 1610. The monoisotopic (exact) mass is 628 g/mol. The van der Waals surface area contributed by atoms with Crippen LogP contribution in [-0.2, 0) is 13.1 Å². The lowest BCUT2D eigenvalue weighted by Crippen LogP contribution is -2.44. The molecular formula is C34H30Cl2N4O4. The molecule has 2 heterocycles. The molecule has 4 aromatic rings. The van der Waals surface area contributed by atoms with Crippen molar-refractivity contribution in [2.24, 2.45) is 0 Å². The number of amides is 4. The van der Waals surface area contributed by atoms with Gasteiger partial charge in [-0.3, -0.25) is 29.0 Å². The molecule has 44 heavy (non-hydrogen) atoms. The molecule has 4 aromatic carbocycles. The van der Waals surface area contributed by atoms with Crippen molar-refractivity contribution in [3.05, 3.63) is 116 Å². The summed E-state index contributed by atoms with van der Waals surface area (Å²) in [5.41, 5.74) is 3.23. The molecule has 0 bridgehead atoms. The third-order valence-electron chi connectivity index (χ3n) is 8.08. The molecule has 8 nitrogen and oxygen atoms in total. The lowest BCUT2D eigenvalue weighted by atomic mass is 9.86. The van der Waals surface area contributed by atoms with Crippen LogP contribution >= 0.6 is 23.2 Å². The van der Waals surface area contributed by atoms with E-state index in [1.807, 2.05) is 48.5 Å². The molecule has 2 N–H and O–H groups in total. The summed E-state index contributed by atoms with van der Waals surface area (Å²) in [5, 5.41) is 8.73. The van der Waals surface area contributed by atoms with Crippen LogP contribution in [0.1, 0.15) is 65.4 Å². The van der Waals surface area contributed by atoms with Crippen LogP contribution < -0.4 is 10.6 Å². The number of nitrogens with one attached hydrogen (secondary N) is 2. The van der Waals surface area contributed by atoms with Gasteiger partial charge < -0.3 is 10.6 Å². The molecule has 0 aliphatic carbocycles. The van der Waals surface area contributed by atoms with Crippen LogP contribution in [0, 0.1) is 0 Å². The second-order valence-electron chi connectivity index (χ2n) is 10.8. The van der Waals surface area contributed by atoms with Gasteiger partial charge in [0, 0.05) is 69.3 Å². The standard InChI is InChI=1S/C34H30Cl2N4O4/c35-27-9-3-1-7-21(27)19-37-15-5-17-39-31(41)23-11-13-25-30-26(14-12-24(29(23)30)32(39)42)34(44)40(33(25)43)18-6-16-38-20-22-8-2-4-10-28(22)36/h1-4,7-14,37-38H,5-6,15-20H2. The number of hydrogen-bond donors (Lipinski definition) is 2. The second-order valence-corrected chi connectivity index (χ2v) is 11.7. The fourth-order valence-corrected chi connectivity index (χ4v) is 6.24. The Morgan fingerprint density at radius 2 is 0.841 bits per heavy atom. The van der Waals surface area contributed by atoms with Crippen LogP contribution in [-0.4, -0.2) is 59.6 Å². The summed E-state index contributed by atoms with van der Waals surface area (Å²) < 4.78 is 0. The summed E-state index contributed by atoms with van der Waals surface area (Å²) in [7, 11) is 0. The van der Waals surface area contributed by atoms with Gasteiger partial charge in [0.2, 0.25) is 0 Å². The Morgan fingerprint density at radius 1 is 0.500 bits per heavy atom. The molecule has 0 saturated carbocycles. The van der Waals surface area contributed by atoms with Crippen molar-refractivity contribution >= 4 is 57.6 Å². The van der Waals surface area contributed by atoms with E-state index < -0.39 is 23.6 Å². The highest BCUT2D eigenvalue weighted by Gasteiger charge is 2.39. The van der Waals surface area contributed by atoms with Gasteiger partial charge in [-0.05, 0) is 73.5 Å². The van der Waals surface area contributed by atoms with Crippen molar-refractivity contribution in [1.29, 1.82) is 0 Å². The molecule has 0 fully saturated rings. The zero-order chi connectivity index (χ0) is 30.8. The van der Waals surface area contributed by atoms with Crippen molar-refractivity contribution in [2.75, 3.05) is 26.2 Å². The van der Waals surface area contributed by atoms with Crippen molar-refractivity contribution in [3.63, 3.8) is 0 Å². The van der Waals surface area contributed by atoms with Crippen molar-refractivity contribution < 1.29 is 19.2 Å². The first kappa shape index (κ1) is 30.0. The minimum absolute atomic E-state index is 0.230. The summed E-state index contributed by atoms with van der Waals surface area (Å²) in [6.45, 7) is 2.77. The number of carbonyl (C=O) groups excluding carboxylic acids is 4. The molecule has 6 rings (SSSR count). The number of halogens is 2. The van der Waals surface area contributed by atoms with Crippen molar-refractivity contribution in [3.8, 4) is 0 Å². The molecule has 0 saturated heterocycles. The van der Waals surface area contributed by atoms with Gasteiger partial charge in [-0.1, -0.05) is 59.6 Å². The third kappa shape index (κ3) is 5.62. The average molecular weight is 630 g/mol. The van der Waals surface area contributed by atoms with E-state index in [4.69, 9.17) is 23.2 Å². The minimum Gasteiger partial charge on any atom is -0.313 e. The predicted octanol–water partition coefficient (Wildman–Crippen LogP) is 5.70. The van der Waals surface area contributed by atoms with Gasteiger partial charge in [0.15, 0.2) is 0 Å². The maximum absolute atomic E-state index is 13.5. The zero-order valence-electron chi connectivity index (χ0n) is 23.9. The predicted molar refractivity (Wildman–Crippen MR) is 170 cm³/mol. The summed E-state index contributed by atoms with van der Waals surface area (Å²) >= 11 is 12.4. The van der Waals surface area contributed by atoms with Crippen LogP contribution in [0.25, 0.3) is 10.8 Å². The smallest absolute Gasteiger partial charge is 0.261 e. The van der Waals surface area contributed by atoms with Crippen LogP contribution in [0.2, 0.25) is 10.0 Å². The highest BCUT2D eigenvalue weighted by Crippen LogP contribution is 2.38. The molecule has 0 unspecified atom stereocenters. The molecule has 0 radical (unpaired) electrons. The van der Waals surface area contributed by atoms with Gasteiger partial charge in [0.1, 0.15) is 0 Å². The first-order chi connectivity index (χ1) is 21.4. The van der Waals surface area contributed by atoms with Crippen molar-refractivity contribution in [2.45, 2.75) is 25.9 Å². The largest absolute Gasteiger partial charge is 0.313 e. The van der Waals surface area contributed by atoms with Crippen LogP contribution in [0.15, 0.2) is 72.8 Å². The van der Waals surface area contributed by atoms with Gasteiger partial charge in [-0.25, -0.2) is 0 Å². The van der Waals surface area contributed by atoms with Gasteiger partial charge in [0.05, 0.1) is 0 Å². The van der Waals surface area contributed by atoms with Crippen LogP contribution in [0.4, 0.5) is 0 Å². The van der Waals surface area contributed by atoms with E-state index in [1.165, 1.54) is 9.80 Å². The van der Waals surface area contributed by atoms with E-state index in [2.05, 4.69) is 10.6 Å². The highest BCUT2D eigenvalue weighted by molar-refractivity contribution is 6.33.